The van der Waals surface area contributed by atoms with Gasteiger partial charge < -0.3 is 15.0 Å². The number of rotatable bonds is 5. The molecular formula is C9H13N5O2S. The summed E-state index contributed by atoms with van der Waals surface area (Å²) in [4.78, 5) is 4.90. The smallest absolute Gasteiger partial charge is 0.271 e. The normalized spacial score (nSPS) is 13.2. The van der Waals surface area contributed by atoms with E-state index < -0.39 is 6.04 Å². The van der Waals surface area contributed by atoms with Gasteiger partial charge in [0.25, 0.3) is 5.89 Å². The van der Waals surface area contributed by atoms with Gasteiger partial charge in [-0.15, -0.1) is 5.10 Å². The zero-order valence-corrected chi connectivity index (χ0v) is 10.3. The van der Waals surface area contributed by atoms with Crippen molar-refractivity contribution in [1.29, 1.82) is 0 Å². The van der Waals surface area contributed by atoms with E-state index in [0.29, 0.717) is 18.3 Å². The zero-order chi connectivity index (χ0) is 12.3. The molecule has 1 unspecified atom stereocenters. The molecule has 2 N–H and O–H groups in total. The molecule has 0 bridgehead atoms. The van der Waals surface area contributed by atoms with Gasteiger partial charge in [0.05, 0.1) is 24.9 Å². The van der Waals surface area contributed by atoms with Crippen LogP contribution in [0.25, 0.3) is 10.8 Å². The standard InChI is InChI=1S/C9H13N5O2S/c1-5(2)15-4-6(10)8-12-9(16-13-8)7-3-11-14-17-7/h3,5-6H,4,10H2,1-2H3. The van der Waals surface area contributed by atoms with Gasteiger partial charge in [-0.2, -0.15) is 4.98 Å². The highest BCUT2D eigenvalue weighted by molar-refractivity contribution is 7.09. The number of ether oxygens (including phenoxy) is 1. The highest BCUT2D eigenvalue weighted by Crippen LogP contribution is 2.20. The molecule has 0 aliphatic carbocycles. The Morgan fingerprint density at radius 1 is 1.53 bits per heavy atom. The first-order chi connectivity index (χ1) is 8.16. The predicted octanol–water partition coefficient (Wildman–Crippen LogP) is 1.01. The average molecular weight is 255 g/mol. The van der Waals surface area contributed by atoms with Gasteiger partial charge in [0.1, 0.15) is 4.88 Å². The van der Waals surface area contributed by atoms with Crippen molar-refractivity contribution in [3.8, 4) is 10.8 Å². The molecule has 0 saturated heterocycles. The van der Waals surface area contributed by atoms with Crippen molar-refractivity contribution >= 4 is 11.5 Å². The van der Waals surface area contributed by atoms with E-state index in [0.717, 1.165) is 4.88 Å². The third-order valence-corrected chi connectivity index (χ3v) is 2.61. The minimum Gasteiger partial charge on any atom is -0.377 e. The lowest BCUT2D eigenvalue weighted by Crippen LogP contribution is -2.20. The molecule has 0 fully saturated rings. The number of aromatic nitrogens is 4. The molecule has 7 nitrogen and oxygen atoms in total. The van der Waals surface area contributed by atoms with Crippen molar-refractivity contribution in [2.75, 3.05) is 6.61 Å². The van der Waals surface area contributed by atoms with Gasteiger partial charge >= 0.3 is 0 Å². The van der Waals surface area contributed by atoms with Crippen molar-refractivity contribution in [3.05, 3.63) is 12.0 Å². The van der Waals surface area contributed by atoms with Crippen LogP contribution in [0.4, 0.5) is 0 Å². The molecule has 0 aliphatic rings. The lowest BCUT2D eigenvalue weighted by atomic mass is 10.3. The van der Waals surface area contributed by atoms with Gasteiger partial charge in [-0.3, -0.25) is 0 Å². The highest BCUT2D eigenvalue weighted by Gasteiger charge is 2.17. The van der Waals surface area contributed by atoms with E-state index in [1.807, 2.05) is 13.8 Å². The summed E-state index contributed by atoms with van der Waals surface area (Å²) >= 11 is 1.19. The van der Waals surface area contributed by atoms with Crippen molar-refractivity contribution in [3.63, 3.8) is 0 Å². The average Bonchev–Trinajstić information content (AvgIpc) is 2.94. The Hall–Kier alpha value is -1.38. The predicted molar refractivity (Wildman–Crippen MR) is 61.2 cm³/mol. The third-order valence-electron chi connectivity index (χ3n) is 1.95. The van der Waals surface area contributed by atoms with Crippen LogP contribution < -0.4 is 5.73 Å². The molecule has 0 amide bonds. The van der Waals surface area contributed by atoms with E-state index in [1.165, 1.54) is 11.5 Å². The molecule has 92 valence electrons. The summed E-state index contributed by atoms with van der Waals surface area (Å²) in [5, 5.41) is 7.51. The number of hydrogen-bond acceptors (Lipinski definition) is 8. The van der Waals surface area contributed by atoms with Crippen LogP contribution in [0.5, 0.6) is 0 Å². The summed E-state index contributed by atoms with van der Waals surface area (Å²) in [5.74, 6) is 0.809. The van der Waals surface area contributed by atoms with E-state index in [9.17, 15) is 0 Å². The van der Waals surface area contributed by atoms with Gasteiger partial charge in [-0.05, 0) is 25.4 Å². The summed E-state index contributed by atoms with van der Waals surface area (Å²) in [5.41, 5.74) is 5.87. The van der Waals surface area contributed by atoms with Crippen LogP contribution in [0.2, 0.25) is 0 Å². The molecule has 0 aliphatic heterocycles. The van der Waals surface area contributed by atoms with Crippen molar-refractivity contribution in [1.82, 2.24) is 19.7 Å². The first kappa shape index (κ1) is 12.1. The highest BCUT2D eigenvalue weighted by atomic mass is 32.1. The summed E-state index contributed by atoms with van der Waals surface area (Å²) in [6.07, 6.45) is 1.69. The second-order valence-electron chi connectivity index (χ2n) is 3.73. The van der Waals surface area contributed by atoms with Crippen LogP contribution in [0.3, 0.4) is 0 Å². The van der Waals surface area contributed by atoms with E-state index >= 15 is 0 Å². The van der Waals surface area contributed by atoms with Crippen LogP contribution in [-0.2, 0) is 4.74 Å². The Kier molecular flexibility index (Phi) is 3.77. The lowest BCUT2D eigenvalue weighted by Gasteiger charge is -2.10. The van der Waals surface area contributed by atoms with Gasteiger partial charge in [0.15, 0.2) is 5.82 Å². The van der Waals surface area contributed by atoms with Crippen molar-refractivity contribution in [2.45, 2.75) is 26.0 Å². The SMILES string of the molecule is CC(C)OCC(N)c1noc(-c2cnns2)n1. The Labute approximate surface area is 102 Å². The van der Waals surface area contributed by atoms with E-state index in [1.54, 1.807) is 6.20 Å². The van der Waals surface area contributed by atoms with Gasteiger partial charge in [-0.25, -0.2) is 0 Å². The number of nitrogens with zero attached hydrogens (tertiary/aromatic N) is 4. The monoisotopic (exact) mass is 255 g/mol. The zero-order valence-electron chi connectivity index (χ0n) is 9.53. The van der Waals surface area contributed by atoms with E-state index in [-0.39, 0.29) is 6.10 Å². The minimum atomic E-state index is -0.393. The fourth-order valence-corrected chi connectivity index (χ4v) is 1.56. The Morgan fingerprint density at radius 2 is 2.35 bits per heavy atom. The lowest BCUT2D eigenvalue weighted by molar-refractivity contribution is 0.0665. The summed E-state index contributed by atoms with van der Waals surface area (Å²) < 4.78 is 14.2. The second-order valence-corrected chi connectivity index (χ2v) is 4.51. The molecule has 0 radical (unpaired) electrons. The molecule has 8 heteroatoms. The molecule has 2 aromatic rings. The molecule has 0 aromatic carbocycles. The Balaban J connectivity index is 2.03. The second kappa shape index (κ2) is 5.30. The molecule has 2 rings (SSSR count). The maximum absolute atomic E-state index is 5.87. The maximum Gasteiger partial charge on any atom is 0.271 e. The molecule has 2 heterocycles. The maximum atomic E-state index is 5.87. The van der Waals surface area contributed by atoms with Gasteiger partial charge in [0, 0.05) is 0 Å². The third kappa shape index (κ3) is 3.05. The van der Waals surface area contributed by atoms with Crippen molar-refractivity contribution in [2.24, 2.45) is 5.73 Å². The first-order valence-corrected chi connectivity index (χ1v) is 5.92. The number of nitrogens with two attached hydrogens (primary N) is 1. The quantitative estimate of drug-likeness (QED) is 0.850. The Bertz CT molecular complexity index is 456. The molecule has 17 heavy (non-hydrogen) atoms. The Morgan fingerprint density at radius 3 is 3.00 bits per heavy atom. The molecular weight excluding hydrogens is 242 g/mol. The van der Waals surface area contributed by atoms with Gasteiger partial charge in [-0.1, -0.05) is 9.64 Å². The molecule has 0 saturated carbocycles. The summed E-state index contributed by atoms with van der Waals surface area (Å²) in [7, 11) is 0. The number of hydrogen-bond donors (Lipinski definition) is 1. The summed E-state index contributed by atoms with van der Waals surface area (Å²) in [6, 6.07) is -0.393. The fraction of sp³-hybridized carbons (Fsp3) is 0.556. The summed E-state index contributed by atoms with van der Waals surface area (Å²) in [6.45, 7) is 4.24. The largest absolute Gasteiger partial charge is 0.377 e. The van der Waals surface area contributed by atoms with Crippen molar-refractivity contribution < 1.29 is 9.26 Å². The van der Waals surface area contributed by atoms with Crippen LogP contribution in [-0.4, -0.2) is 32.4 Å². The molecule has 0 spiro atoms. The first-order valence-electron chi connectivity index (χ1n) is 5.15. The van der Waals surface area contributed by atoms with E-state index in [2.05, 4.69) is 19.7 Å². The molecule has 2 aromatic heterocycles. The fourth-order valence-electron chi connectivity index (χ4n) is 1.12. The topological polar surface area (TPSA) is 100.0 Å². The van der Waals surface area contributed by atoms with E-state index in [4.69, 9.17) is 15.0 Å². The molecule has 1 atom stereocenters. The minimum absolute atomic E-state index is 0.123. The van der Waals surface area contributed by atoms with Crippen LogP contribution in [0.15, 0.2) is 10.7 Å². The van der Waals surface area contributed by atoms with Gasteiger partial charge in [0.2, 0.25) is 0 Å². The van der Waals surface area contributed by atoms with Crippen LogP contribution in [0.1, 0.15) is 25.7 Å². The van der Waals surface area contributed by atoms with Crippen LogP contribution in [0, 0.1) is 0 Å². The van der Waals surface area contributed by atoms with Crippen LogP contribution >= 0.6 is 11.5 Å².